The molecule has 0 radical (unpaired) electrons. The van der Waals surface area contributed by atoms with Crippen molar-refractivity contribution in [1.82, 2.24) is 9.97 Å². The molecule has 0 fully saturated rings. The van der Waals surface area contributed by atoms with Crippen LogP contribution in [-0.4, -0.2) is 26.2 Å². The van der Waals surface area contributed by atoms with Crippen molar-refractivity contribution in [2.24, 2.45) is 0 Å². The fourth-order valence-corrected chi connectivity index (χ4v) is 2.08. The van der Waals surface area contributed by atoms with Gasteiger partial charge in [0.2, 0.25) is 0 Å². The van der Waals surface area contributed by atoms with Gasteiger partial charge in [-0.2, -0.15) is 0 Å². The Bertz CT molecular complexity index is 915. The van der Waals surface area contributed by atoms with Crippen LogP contribution in [-0.2, 0) is 0 Å². The molecule has 1 heterocycles. The Labute approximate surface area is 118 Å². The van der Waals surface area contributed by atoms with Crippen molar-refractivity contribution in [3.63, 3.8) is 0 Å². The SMILES string of the molecule is O=C(O)c1cc(=O)[nH]c(-c2ccc3cc(O)ccc3c2)n1. The van der Waals surface area contributed by atoms with E-state index < -0.39 is 11.5 Å². The highest BCUT2D eigenvalue weighted by Crippen LogP contribution is 2.24. The van der Waals surface area contributed by atoms with Crippen molar-refractivity contribution < 1.29 is 15.0 Å². The molecule has 0 unspecified atom stereocenters. The van der Waals surface area contributed by atoms with E-state index in [2.05, 4.69) is 9.97 Å². The molecule has 0 aliphatic rings. The van der Waals surface area contributed by atoms with Crippen molar-refractivity contribution in [1.29, 1.82) is 0 Å². The Morgan fingerprint density at radius 3 is 2.52 bits per heavy atom. The van der Waals surface area contributed by atoms with Crippen molar-refractivity contribution in [2.45, 2.75) is 0 Å². The maximum Gasteiger partial charge on any atom is 0.354 e. The third-order valence-electron chi connectivity index (χ3n) is 3.06. The van der Waals surface area contributed by atoms with E-state index in [9.17, 15) is 14.7 Å². The molecule has 0 bridgehead atoms. The number of carbonyl (C=O) groups is 1. The van der Waals surface area contributed by atoms with Crippen LogP contribution in [0.5, 0.6) is 5.75 Å². The predicted octanol–water partition coefficient (Wildman–Crippen LogP) is 1.99. The van der Waals surface area contributed by atoms with Crippen LogP contribution in [0.4, 0.5) is 0 Å². The summed E-state index contributed by atoms with van der Waals surface area (Å²) in [7, 11) is 0. The number of hydrogen-bond donors (Lipinski definition) is 3. The summed E-state index contributed by atoms with van der Waals surface area (Å²) in [6.45, 7) is 0. The lowest BCUT2D eigenvalue weighted by atomic mass is 10.1. The number of aromatic carboxylic acids is 1. The van der Waals surface area contributed by atoms with E-state index >= 15 is 0 Å². The third-order valence-corrected chi connectivity index (χ3v) is 3.06. The van der Waals surface area contributed by atoms with E-state index in [1.54, 1.807) is 36.4 Å². The lowest BCUT2D eigenvalue weighted by molar-refractivity contribution is 0.0690. The number of phenols is 1. The van der Waals surface area contributed by atoms with Crippen molar-refractivity contribution in [3.8, 4) is 17.1 Å². The molecule has 0 amide bonds. The van der Waals surface area contributed by atoms with Gasteiger partial charge >= 0.3 is 5.97 Å². The number of hydrogen-bond acceptors (Lipinski definition) is 4. The quantitative estimate of drug-likeness (QED) is 0.667. The van der Waals surface area contributed by atoms with E-state index in [1.807, 2.05) is 0 Å². The summed E-state index contributed by atoms with van der Waals surface area (Å²) in [6.07, 6.45) is 0. The van der Waals surface area contributed by atoms with Crippen LogP contribution in [0, 0.1) is 0 Å². The second-order valence-corrected chi connectivity index (χ2v) is 4.53. The molecule has 0 aliphatic carbocycles. The molecule has 3 rings (SSSR count). The van der Waals surface area contributed by atoms with Crippen LogP contribution in [0.15, 0.2) is 47.3 Å². The van der Waals surface area contributed by atoms with Gasteiger partial charge in [0.25, 0.3) is 5.56 Å². The normalized spacial score (nSPS) is 10.7. The van der Waals surface area contributed by atoms with E-state index in [1.165, 1.54) is 0 Å². The first-order valence-electron chi connectivity index (χ1n) is 6.11. The summed E-state index contributed by atoms with van der Waals surface area (Å²) in [5, 5.41) is 20.0. The van der Waals surface area contributed by atoms with Gasteiger partial charge in [0.05, 0.1) is 0 Å². The van der Waals surface area contributed by atoms with Crippen LogP contribution in [0.2, 0.25) is 0 Å². The number of benzene rings is 2. The molecule has 0 aliphatic heterocycles. The van der Waals surface area contributed by atoms with Gasteiger partial charge in [-0.15, -0.1) is 0 Å². The Kier molecular flexibility index (Phi) is 2.91. The van der Waals surface area contributed by atoms with Gasteiger partial charge in [0.15, 0.2) is 5.69 Å². The number of rotatable bonds is 2. The number of nitrogens with one attached hydrogen (secondary N) is 1. The van der Waals surface area contributed by atoms with Gasteiger partial charge in [0, 0.05) is 11.6 Å². The van der Waals surface area contributed by atoms with E-state index in [4.69, 9.17) is 5.11 Å². The number of phenolic OH excluding ortho intramolecular Hbond substituents is 1. The summed E-state index contributed by atoms with van der Waals surface area (Å²) >= 11 is 0. The van der Waals surface area contributed by atoms with E-state index in [-0.39, 0.29) is 17.3 Å². The fourth-order valence-electron chi connectivity index (χ4n) is 2.08. The number of fused-ring (bicyclic) bond motifs is 1. The number of carboxylic acids is 1. The topological polar surface area (TPSA) is 103 Å². The van der Waals surface area contributed by atoms with Gasteiger partial charge in [0.1, 0.15) is 11.6 Å². The Morgan fingerprint density at radius 2 is 1.76 bits per heavy atom. The third kappa shape index (κ3) is 2.46. The molecule has 2 aromatic carbocycles. The second kappa shape index (κ2) is 4.75. The number of nitrogens with zero attached hydrogens (tertiary/aromatic N) is 1. The molecular weight excluding hydrogens is 272 g/mol. The first-order valence-corrected chi connectivity index (χ1v) is 6.11. The van der Waals surface area contributed by atoms with Crippen molar-refractivity contribution >= 4 is 16.7 Å². The molecular formula is C15H10N2O4. The molecule has 6 nitrogen and oxygen atoms in total. The molecule has 0 saturated carbocycles. The highest BCUT2D eigenvalue weighted by molar-refractivity contribution is 5.88. The van der Waals surface area contributed by atoms with Crippen LogP contribution in [0.25, 0.3) is 22.2 Å². The monoisotopic (exact) mass is 282 g/mol. The lowest BCUT2D eigenvalue weighted by Crippen LogP contribution is -2.13. The average Bonchev–Trinajstić information content (AvgIpc) is 2.46. The summed E-state index contributed by atoms with van der Waals surface area (Å²) < 4.78 is 0. The predicted molar refractivity (Wildman–Crippen MR) is 76.4 cm³/mol. The van der Waals surface area contributed by atoms with Gasteiger partial charge < -0.3 is 15.2 Å². The standard InChI is InChI=1S/C15H10N2O4/c18-11-4-3-8-5-10(2-1-9(8)6-11)14-16-12(15(20)21)7-13(19)17-14/h1-7,18H,(H,20,21)(H,16,17,19). The minimum absolute atomic E-state index is 0.162. The highest BCUT2D eigenvalue weighted by Gasteiger charge is 2.10. The Morgan fingerprint density at radius 1 is 1.05 bits per heavy atom. The van der Waals surface area contributed by atoms with Gasteiger partial charge in [-0.05, 0) is 29.0 Å². The van der Waals surface area contributed by atoms with Crippen LogP contribution >= 0.6 is 0 Å². The molecule has 3 N–H and O–H groups in total. The Hall–Kier alpha value is -3.15. The summed E-state index contributed by atoms with van der Waals surface area (Å²) in [6, 6.07) is 11.1. The summed E-state index contributed by atoms with van der Waals surface area (Å²) in [4.78, 5) is 28.9. The van der Waals surface area contributed by atoms with E-state index in [0.717, 1.165) is 16.8 Å². The molecule has 3 aromatic rings. The molecule has 6 heteroatoms. The minimum Gasteiger partial charge on any atom is -0.508 e. The van der Waals surface area contributed by atoms with Crippen molar-refractivity contribution in [3.05, 3.63) is 58.5 Å². The zero-order valence-electron chi connectivity index (χ0n) is 10.7. The maximum absolute atomic E-state index is 11.5. The largest absolute Gasteiger partial charge is 0.508 e. The average molecular weight is 282 g/mol. The van der Waals surface area contributed by atoms with Crippen molar-refractivity contribution in [2.75, 3.05) is 0 Å². The van der Waals surface area contributed by atoms with E-state index in [0.29, 0.717) is 5.56 Å². The minimum atomic E-state index is -1.26. The molecule has 0 spiro atoms. The van der Waals surface area contributed by atoms with Gasteiger partial charge in [-0.1, -0.05) is 18.2 Å². The number of aromatic amines is 1. The highest BCUT2D eigenvalue weighted by atomic mass is 16.4. The zero-order valence-corrected chi connectivity index (χ0v) is 10.7. The first kappa shape index (κ1) is 12.9. The van der Waals surface area contributed by atoms with Gasteiger partial charge in [-0.25, -0.2) is 9.78 Å². The smallest absolute Gasteiger partial charge is 0.354 e. The number of aromatic nitrogens is 2. The molecule has 21 heavy (non-hydrogen) atoms. The molecule has 0 saturated heterocycles. The second-order valence-electron chi connectivity index (χ2n) is 4.53. The molecule has 0 atom stereocenters. The van der Waals surface area contributed by atoms with Crippen LogP contribution in [0.3, 0.4) is 0 Å². The lowest BCUT2D eigenvalue weighted by Gasteiger charge is -2.04. The Balaban J connectivity index is 2.18. The maximum atomic E-state index is 11.5. The van der Waals surface area contributed by atoms with Crippen LogP contribution in [0.1, 0.15) is 10.5 Å². The molecule has 104 valence electrons. The number of aromatic hydroxyl groups is 1. The zero-order chi connectivity index (χ0) is 15.0. The summed E-state index contributed by atoms with van der Waals surface area (Å²) in [5.41, 5.74) is -0.240. The number of H-pyrrole nitrogens is 1. The van der Waals surface area contributed by atoms with Crippen LogP contribution < -0.4 is 5.56 Å². The van der Waals surface area contributed by atoms with Gasteiger partial charge in [-0.3, -0.25) is 4.79 Å². The summed E-state index contributed by atoms with van der Waals surface area (Å²) in [5.74, 6) is -0.905. The molecule has 1 aromatic heterocycles. The fraction of sp³-hybridized carbons (Fsp3) is 0. The first-order chi connectivity index (χ1) is 10.0. The number of carboxylic acid groups (broad SMARTS) is 1.